The van der Waals surface area contributed by atoms with Crippen LogP contribution >= 0.6 is 23.5 Å². The van der Waals surface area contributed by atoms with Gasteiger partial charge in [-0.3, -0.25) is 4.79 Å². The fourth-order valence-electron chi connectivity index (χ4n) is 3.33. The predicted octanol–water partition coefficient (Wildman–Crippen LogP) is 4.41. The number of carbonyl (C=O) groups is 2. The molecule has 1 spiro atoms. The number of carbonyl (C=O) groups excluding carboxylic acids is 2. The molecule has 0 bridgehead atoms. The van der Waals surface area contributed by atoms with E-state index >= 15 is 0 Å². The molecule has 0 N–H and O–H groups in total. The van der Waals surface area contributed by atoms with Crippen molar-refractivity contribution in [3.63, 3.8) is 0 Å². The summed E-state index contributed by atoms with van der Waals surface area (Å²) < 4.78 is 4.05. The number of rotatable bonds is 4. The maximum absolute atomic E-state index is 12.4. The lowest BCUT2D eigenvalue weighted by Gasteiger charge is -2.41. The molecule has 2 aromatic rings. The van der Waals surface area contributed by atoms with Gasteiger partial charge in [-0.15, -0.1) is 0 Å². The molecule has 2 aromatic carbocycles. The number of Topliss-reactive ketones (excluding diaryl/α,β-unsaturated/α-hetero) is 1. The van der Waals surface area contributed by atoms with Crippen LogP contribution in [0.4, 0.5) is 11.4 Å². The number of benzene rings is 2. The number of esters is 1. The van der Waals surface area contributed by atoms with E-state index in [4.69, 9.17) is 4.74 Å². The van der Waals surface area contributed by atoms with Crippen molar-refractivity contribution in [1.82, 2.24) is 0 Å². The summed E-state index contributed by atoms with van der Waals surface area (Å²) in [6.45, 7) is 3.48. The average molecular weight is 426 g/mol. The number of hydrogen-bond donors (Lipinski definition) is 0. The summed E-state index contributed by atoms with van der Waals surface area (Å²) in [6.07, 6.45) is 0. The third-order valence-corrected chi connectivity index (χ3v) is 7.54. The Hall–Kier alpha value is -2.71. The molecule has 8 heteroatoms. The molecule has 1 atom stereocenters. The molecule has 148 valence electrons. The van der Waals surface area contributed by atoms with E-state index in [1.807, 2.05) is 67.6 Å². The summed E-state index contributed by atoms with van der Waals surface area (Å²) in [7, 11) is 1.34. The number of hydrazone groups is 1. The van der Waals surface area contributed by atoms with Gasteiger partial charge in [-0.05, 0) is 49.9 Å². The molecule has 0 saturated heterocycles. The normalized spacial score (nSPS) is 21.0. The van der Waals surface area contributed by atoms with Crippen LogP contribution in [0.2, 0.25) is 0 Å². The lowest BCUT2D eigenvalue weighted by atomic mass is 10.2. The summed E-state index contributed by atoms with van der Waals surface area (Å²) >= 11 is 2.68. The third kappa shape index (κ3) is 3.22. The summed E-state index contributed by atoms with van der Waals surface area (Å²) in [5.74, 6) is -0.527. The molecule has 0 unspecified atom stereocenters. The first-order chi connectivity index (χ1) is 14.0. The van der Waals surface area contributed by atoms with Crippen molar-refractivity contribution in [3.05, 3.63) is 71.3 Å². The van der Waals surface area contributed by atoms with Crippen LogP contribution in [0.1, 0.15) is 13.8 Å². The van der Waals surface area contributed by atoms with E-state index < -0.39 is 10.3 Å². The molecule has 0 radical (unpaired) electrons. The molecular weight excluding hydrogens is 406 g/mol. The Balaban J connectivity index is 1.91. The van der Waals surface area contributed by atoms with Crippen LogP contribution in [0.5, 0.6) is 0 Å². The molecule has 2 heterocycles. The van der Waals surface area contributed by atoms with Crippen molar-refractivity contribution in [2.75, 3.05) is 17.0 Å². The van der Waals surface area contributed by atoms with Crippen molar-refractivity contribution in [1.29, 1.82) is 0 Å². The van der Waals surface area contributed by atoms with E-state index in [2.05, 4.69) is 10.0 Å². The van der Waals surface area contributed by atoms with Crippen LogP contribution in [0.3, 0.4) is 0 Å². The van der Waals surface area contributed by atoms with E-state index in [1.54, 1.807) is 11.9 Å². The zero-order valence-electron chi connectivity index (χ0n) is 16.2. The minimum atomic E-state index is -0.892. The fraction of sp³-hybridized carbons (Fsp3) is 0.190. The number of thioether (sulfide) groups is 2. The Morgan fingerprint density at radius 1 is 0.966 bits per heavy atom. The largest absolute Gasteiger partial charge is 0.464 e. The van der Waals surface area contributed by atoms with Gasteiger partial charge in [-0.25, -0.2) is 9.80 Å². The third-order valence-electron chi connectivity index (χ3n) is 4.56. The highest BCUT2D eigenvalue weighted by Gasteiger charge is 2.57. The van der Waals surface area contributed by atoms with Gasteiger partial charge in [-0.1, -0.05) is 48.2 Å². The van der Waals surface area contributed by atoms with Crippen LogP contribution in [-0.4, -0.2) is 28.2 Å². The predicted molar refractivity (Wildman–Crippen MR) is 119 cm³/mol. The molecule has 4 rings (SSSR count). The van der Waals surface area contributed by atoms with Gasteiger partial charge in [0.2, 0.25) is 9.37 Å². The number of hydrogen-bond acceptors (Lipinski definition) is 8. The molecule has 0 saturated carbocycles. The first kappa shape index (κ1) is 19.6. The highest BCUT2D eigenvalue weighted by molar-refractivity contribution is 8.29. The number of nitrogens with zero attached hydrogens (tertiary/aromatic N) is 3. The minimum absolute atomic E-state index is 0.0227. The number of ketones is 1. The maximum Gasteiger partial charge on any atom is 0.365 e. The molecule has 0 amide bonds. The smallest absolute Gasteiger partial charge is 0.365 e. The van der Waals surface area contributed by atoms with Gasteiger partial charge in [0.25, 0.3) is 0 Å². The summed E-state index contributed by atoms with van der Waals surface area (Å²) in [6, 6.07) is 19.4. The number of anilines is 2. The fourth-order valence-corrected chi connectivity index (χ4v) is 6.31. The second-order valence-electron chi connectivity index (χ2n) is 6.44. The van der Waals surface area contributed by atoms with E-state index in [0.717, 1.165) is 17.1 Å². The number of methoxy groups -OCH3 is 1. The Morgan fingerprint density at radius 3 is 2.10 bits per heavy atom. The van der Waals surface area contributed by atoms with Gasteiger partial charge in [0, 0.05) is 11.4 Å². The van der Waals surface area contributed by atoms with Gasteiger partial charge in [0.1, 0.15) is 0 Å². The van der Waals surface area contributed by atoms with E-state index in [9.17, 15) is 9.59 Å². The highest BCUT2D eigenvalue weighted by Crippen LogP contribution is 2.60. The molecule has 2 aliphatic heterocycles. The standard InChI is InChI=1S/C21H19N3O3S2/c1-14-18(15(2)25)28-21(23(14)16-10-6-4-7-11-16)24(17-12-8-5-9-13-17)22-19(29-21)20(26)27-3/h4-13H,1-3H3/t21-/m0/s1. The molecule has 29 heavy (non-hydrogen) atoms. The minimum Gasteiger partial charge on any atom is -0.464 e. The summed E-state index contributed by atoms with van der Waals surface area (Å²) in [4.78, 5) is 27.5. The SMILES string of the molecule is COC(=O)C1=NN(c2ccccc2)[C@]2(S1)SC(C(C)=O)=C(C)N2c1ccccc1. The molecule has 6 nitrogen and oxygen atoms in total. The average Bonchev–Trinajstić information content (AvgIpc) is 3.26. The number of para-hydroxylation sites is 2. The Morgan fingerprint density at radius 2 is 1.55 bits per heavy atom. The van der Waals surface area contributed by atoms with E-state index in [0.29, 0.717) is 4.91 Å². The summed E-state index contributed by atoms with van der Waals surface area (Å²) in [5, 5.41) is 6.64. The van der Waals surface area contributed by atoms with Gasteiger partial charge in [0.05, 0.1) is 17.7 Å². The number of allylic oxidation sites excluding steroid dienone is 2. The van der Waals surface area contributed by atoms with Crippen LogP contribution in [0.15, 0.2) is 76.4 Å². The van der Waals surface area contributed by atoms with Crippen molar-refractivity contribution in [2.24, 2.45) is 5.10 Å². The molecular formula is C21H19N3O3S2. The number of ether oxygens (including phenoxy) is 1. The van der Waals surface area contributed by atoms with Crippen molar-refractivity contribution in [2.45, 2.75) is 18.2 Å². The lowest BCUT2D eigenvalue weighted by molar-refractivity contribution is -0.132. The van der Waals surface area contributed by atoms with Gasteiger partial charge >= 0.3 is 5.97 Å². The maximum atomic E-state index is 12.4. The van der Waals surface area contributed by atoms with Gasteiger partial charge in [0.15, 0.2) is 5.78 Å². The Kier molecular flexibility index (Phi) is 5.14. The van der Waals surface area contributed by atoms with E-state index in [-0.39, 0.29) is 10.8 Å². The topological polar surface area (TPSA) is 62.2 Å². The van der Waals surface area contributed by atoms with Crippen molar-refractivity contribution in [3.8, 4) is 0 Å². The quantitative estimate of drug-likeness (QED) is 0.672. The van der Waals surface area contributed by atoms with Crippen molar-refractivity contribution < 1.29 is 14.3 Å². The first-order valence-electron chi connectivity index (χ1n) is 8.95. The zero-order chi connectivity index (χ0) is 20.6. The molecule has 0 fully saturated rings. The molecule has 0 aromatic heterocycles. The van der Waals surface area contributed by atoms with Crippen LogP contribution in [-0.2, 0) is 14.3 Å². The van der Waals surface area contributed by atoms with Crippen LogP contribution in [0, 0.1) is 0 Å². The monoisotopic (exact) mass is 425 g/mol. The molecule has 2 aliphatic rings. The van der Waals surface area contributed by atoms with E-state index in [1.165, 1.54) is 30.6 Å². The van der Waals surface area contributed by atoms with Gasteiger partial charge < -0.3 is 9.64 Å². The first-order valence-corrected chi connectivity index (χ1v) is 10.6. The highest BCUT2D eigenvalue weighted by atomic mass is 32.2. The Labute approximate surface area is 177 Å². The van der Waals surface area contributed by atoms with Crippen LogP contribution < -0.4 is 9.91 Å². The lowest BCUT2D eigenvalue weighted by Crippen LogP contribution is -2.49. The second kappa shape index (κ2) is 7.61. The zero-order valence-corrected chi connectivity index (χ0v) is 17.8. The van der Waals surface area contributed by atoms with Crippen molar-refractivity contribution >= 4 is 51.7 Å². The second-order valence-corrected chi connectivity index (χ2v) is 9.04. The summed E-state index contributed by atoms with van der Waals surface area (Å²) in [5.41, 5.74) is 2.54. The van der Waals surface area contributed by atoms with Crippen LogP contribution in [0.25, 0.3) is 0 Å². The Bertz CT molecular complexity index is 1020. The van der Waals surface area contributed by atoms with Gasteiger partial charge in [-0.2, -0.15) is 5.10 Å². The molecule has 0 aliphatic carbocycles.